The van der Waals surface area contributed by atoms with Crippen molar-refractivity contribution in [2.24, 2.45) is 0 Å². The van der Waals surface area contributed by atoms with Gasteiger partial charge in [-0.3, -0.25) is 14.4 Å². The highest BCUT2D eigenvalue weighted by Crippen LogP contribution is 2.19. The van der Waals surface area contributed by atoms with Crippen LogP contribution in [-0.2, 0) is 16.0 Å². The quantitative estimate of drug-likeness (QED) is 0.507. The van der Waals surface area contributed by atoms with Crippen LogP contribution < -0.4 is 16.2 Å². The molecule has 29 heavy (non-hydrogen) atoms. The molecule has 3 rings (SSSR count). The molecule has 0 fully saturated rings. The monoisotopic (exact) mass is 456 g/mol. The maximum Gasteiger partial charge on any atom is 0.258 e. The summed E-state index contributed by atoms with van der Waals surface area (Å²) in [4.78, 5) is 43.2. The highest BCUT2D eigenvalue weighted by Gasteiger charge is 2.08. The lowest BCUT2D eigenvalue weighted by Crippen LogP contribution is -2.32. The van der Waals surface area contributed by atoms with E-state index in [4.69, 9.17) is 0 Å². The largest absolute Gasteiger partial charge is 0.347 e. The molecular weight excluding hydrogens is 436 g/mol. The van der Waals surface area contributed by atoms with E-state index in [1.165, 1.54) is 0 Å². The molecule has 3 N–H and O–H groups in total. The van der Waals surface area contributed by atoms with E-state index in [2.05, 4.69) is 36.5 Å². The lowest BCUT2D eigenvalue weighted by atomic mass is 10.2. The van der Waals surface area contributed by atoms with Gasteiger partial charge in [-0.15, -0.1) is 0 Å². The van der Waals surface area contributed by atoms with Crippen molar-refractivity contribution in [3.05, 3.63) is 68.7 Å². The third-order valence-corrected chi connectivity index (χ3v) is 5.26. The number of carbonyl (C=O) groups excluding carboxylic acids is 2. The zero-order valence-corrected chi connectivity index (χ0v) is 17.5. The van der Waals surface area contributed by atoms with Crippen LogP contribution in [0.4, 0.5) is 5.69 Å². The second kappa shape index (κ2) is 9.47. The number of H-pyrrole nitrogens is 1. The number of aryl methyl sites for hydroxylation is 2. The normalized spacial score (nSPS) is 10.7. The number of carbonyl (C=O) groups is 2. The molecule has 0 aliphatic carbocycles. The number of aromatic amines is 1. The van der Waals surface area contributed by atoms with Gasteiger partial charge in [0.25, 0.3) is 5.56 Å². The van der Waals surface area contributed by atoms with Crippen molar-refractivity contribution in [2.75, 3.05) is 11.9 Å². The van der Waals surface area contributed by atoms with Gasteiger partial charge in [-0.2, -0.15) is 0 Å². The Morgan fingerprint density at radius 1 is 1.14 bits per heavy atom. The van der Waals surface area contributed by atoms with Gasteiger partial charge in [0, 0.05) is 23.0 Å². The highest BCUT2D eigenvalue weighted by molar-refractivity contribution is 9.10. The van der Waals surface area contributed by atoms with E-state index in [-0.39, 0.29) is 30.3 Å². The van der Waals surface area contributed by atoms with Gasteiger partial charge < -0.3 is 15.6 Å². The van der Waals surface area contributed by atoms with E-state index in [1.54, 1.807) is 24.3 Å². The van der Waals surface area contributed by atoms with Crippen molar-refractivity contribution in [3.63, 3.8) is 0 Å². The molecule has 0 atom stereocenters. The van der Waals surface area contributed by atoms with Gasteiger partial charge in [-0.1, -0.05) is 28.1 Å². The van der Waals surface area contributed by atoms with Crippen molar-refractivity contribution in [2.45, 2.75) is 26.2 Å². The van der Waals surface area contributed by atoms with Crippen LogP contribution in [0.15, 0.2) is 51.7 Å². The molecule has 7 nitrogen and oxygen atoms in total. The Hall–Kier alpha value is -3.00. The van der Waals surface area contributed by atoms with Crippen LogP contribution in [0.2, 0.25) is 0 Å². The minimum absolute atomic E-state index is 0.0982. The summed E-state index contributed by atoms with van der Waals surface area (Å²) in [7, 11) is 0. The first-order valence-corrected chi connectivity index (χ1v) is 10.0. The van der Waals surface area contributed by atoms with Crippen LogP contribution in [0.1, 0.15) is 24.2 Å². The predicted octanol–water partition coefficient (Wildman–Crippen LogP) is 3.07. The molecule has 0 saturated carbocycles. The van der Waals surface area contributed by atoms with Gasteiger partial charge in [0.05, 0.1) is 17.4 Å². The Balaban J connectivity index is 1.43. The minimum atomic E-state index is -0.291. The summed E-state index contributed by atoms with van der Waals surface area (Å²) < 4.78 is 0.964. The van der Waals surface area contributed by atoms with Crippen LogP contribution in [0, 0.1) is 6.92 Å². The molecule has 1 aromatic heterocycles. The smallest absolute Gasteiger partial charge is 0.258 e. The molecule has 2 amide bonds. The van der Waals surface area contributed by atoms with E-state index in [0.29, 0.717) is 35.3 Å². The number of nitrogens with one attached hydrogen (secondary N) is 3. The van der Waals surface area contributed by atoms with Crippen molar-refractivity contribution >= 4 is 44.3 Å². The fourth-order valence-electron chi connectivity index (χ4n) is 2.86. The van der Waals surface area contributed by atoms with E-state index in [9.17, 15) is 14.4 Å². The molecule has 3 aromatic rings. The fraction of sp³-hybridized carbons (Fsp3) is 0.238. The van der Waals surface area contributed by atoms with Crippen molar-refractivity contribution in [1.82, 2.24) is 15.3 Å². The first kappa shape index (κ1) is 20.7. The number of hydrogen-bond donors (Lipinski definition) is 3. The Kier molecular flexibility index (Phi) is 6.77. The number of halogens is 1. The van der Waals surface area contributed by atoms with Crippen LogP contribution in [-0.4, -0.2) is 28.3 Å². The number of nitrogens with zero attached hydrogens (tertiary/aromatic N) is 1. The number of fused-ring (bicyclic) bond motifs is 1. The molecule has 0 unspecified atom stereocenters. The molecule has 1 heterocycles. The second-order valence-electron chi connectivity index (χ2n) is 6.67. The van der Waals surface area contributed by atoms with E-state index < -0.39 is 0 Å². The molecule has 0 aliphatic heterocycles. The molecular formula is C21H21BrN4O3. The molecule has 0 bridgehead atoms. The van der Waals surface area contributed by atoms with Crippen LogP contribution in [0.5, 0.6) is 0 Å². The number of benzene rings is 2. The van der Waals surface area contributed by atoms with Gasteiger partial charge in [0.15, 0.2) is 0 Å². The molecule has 0 spiro atoms. The summed E-state index contributed by atoms with van der Waals surface area (Å²) in [6.07, 6.45) is 1.22. The fourth-order valence-corrected chi connectivity index (χ4v) is 3.11. The molecule has 2 aromatic carbocycles. The Labute approximate surface area is 176 Å². The van der Waals surface area contributed by atoms with Crippen LogP contribution >= 0.6 is 15.9 Å². The number of anilines is 1. The standard InChI is InChI=1S/C21H21BrN4O3/c1-13-11-14(9-10-16(13)22)24-20(28)12-23-19(27)8-4-7-18-25-17-6-3-2-5-15(17)21(29)26-18/h2-3,5-6,9-11H,4,7-8,12H2,1H3,(H,23,27)(H,24,28)(H,25,26,29). The average molecular weight is 457 g/mol. The summed E-state index contributed by atoms with van der Waals surface area (Å²) >= 11 is 3.41. The van der Waals surface area contributed by atoms with Gasteiger partial charge in [-0.25, -0.2) is 4.98 Å². The van der Waals surface area contributed by atoms with Gasteiger partial charge in [-0.05, 0) is 49.2 Å². The first-order valence-electron chi connectivity index (χ1n) is 9.23. The SMILES string of the molecule is Cc1cc(NC(=O)CNC(=O)CCCc2nc3ccccc3c(=O)[nH]2)ccc1Br. The van der Waals surface area contributed by atoms with Crippen LogP contribution in [0.25, 0.3) is 10.9 Å². The number of hydrogen-bond acceptors (Lipinski definition) is 4. The highest BCUT2D eigenvalue weighted by atomic mass is 79.9. The number of para-hydroxylation sites is 1. The van der Waals surface area contributed by atoms with Crippen molar-refractivity contribution in [1.29, 1.82) is 0 Å². The minimum Gasteiger partial charge on any atom is -0.347 e. The van der Waals surface area contributed by atoms with E-state index in [1.807, 2.05) is 25.1 Å². The average Bonchev–Trinajstić information content (AvgIpc) is 2.69. The first-order chi connectivity index (χ1) is 13.9. The summed E-state index contributed by atoms with van der Waals surface area (Å²) in [5, 5.41) is 5.89. The molecule has 0 saturated heterocycles. The zero-order chi connectivity index (χ0) is 20.8. The molecule has 0 aliphatic rings. The maximum absolute atomic E-state index is 12.0. The lowest BCUT2D eigenvalue weighted by molar-refractivity contribution is -0.124. The van der Waals surface area contributed by atoms with Gasteiger partial charge >= 0.3 is 0 Å². The summed E-state index contributed by atoms with van der Waals surface area (Å²) in [6, 6.07) is 12.6. The third kappa shape index (κ3) is 5.74. The Morgan fingerprint density at radius 3 is 2.72 bits per heavy atom. The van der Waals surface area contributed by atoms with E-state index >= 15 is 0 Å². The van der Waals surface area contributed by atoms with Crippen LogP contribution in [0.3, 0.4) is 0 Å². The molecule has 150 valence electrons. The number of amides is 2. The number of rotatable bonds is 7. The Bertz CT molecular complexity index is 1110. The third-order valence-electron chi connectivity index (χ3n) is 4.37. The van der Waals surface area contributed by atoms with E-state index in [0.717, 1.165) is 10.0 Å². The zero-order valence-electron chi connectivity index (χ0n) is 15.9. The Morgan fingerprint density at radius 2 is 1.93 bits per heavy atom. The van der Waals surface area contributed by atoms with Gasteiger partial charge in [0.2, 0.25) is 11.8 Å². The second-order valence-corrected chi connectivity index (χ2v) is 7.53. The number of aromatic nitrogens is 2. The summed E-state index contributed by atoms with van der Waals surface area (Å²) in [5.41, 5.74) is 2.13. The van der Waals surface area contributed by atoms with Gasteiger partial charge in [0.1, 0.15) is 5.82 Å². The predicted molar refractivity (Wildman–Crippen MR) is 116 cm³/mol. The summed E-state index contributed by atoms with van der Waals surface area (Å²) in [6.45, 7) is 1.83. The molecule has 0 radical (unpaired) electrons. The van der Waals surface area contributed by atoms with Crippen molar-refractivity contribution < 1.29 is 9.59 Å². The van der Waals surface area contributed by atoms with Crippen molar-refractivity contribution in [3.8, 4) is 0 Å². The maximum atomic E-state index is 12.0. The molecule has 8 heteroatoms. The topological polar surface area (TPSA) is 104 Å². The lowest BCUT2D eigenvalue weighted by Gasteiger charge is -2.08. The summed E-state index contributed by atoms with van der Waals surface area (Å²) in [5.74, 6) is 0.0284.